The summed E-state index contributed by atoms with van der Waals surface area (Å²) in [6, 6.07) is 22.2. The summed E-state index contributed by atoms with van der Waals surface area (Å²) in [6.45, 7) is 0. The van der Waals surface area contributed by atoms with E-state index in [1.807, 2.05) is 18.2 Å². The molecular weight excluding hydrogens is 382 g/mol. The van der Waals surface area contributed by atoms with Crippen molar-refractivity contribution in [2.45, 2.75) is 12.8 Å². The van der Waals surface area contributed by atoms with Crippen LogP contribution in [0.4, 0.5) is 5.69 Å². The summed E-state index contributed by atoms with van der Waals surface area (Å²) in [5.41, 5.74) is 7.76. The molecule has 0 fully saturated rings. The summed E-state index contributed by atoms with van der Waals surface area (Å²) in [6.07, 6.45) is 5.25. The average molecular weight is 406 g/mol. The van der Waals surface area contributed by atoms with Crippen LogP contribution in [0, 0.1) is 0 Å². The van der Waals surface area contributed by atoms with Crippen molar-refractivity contribution in [2.24, 2.45) is 0 Å². The third kappa shape index (κ3) is 4.35. The average Bonchev–Trinajstić information content (AvgIpc) is 2.85. The van der Waals surface area contributed by atoms with Crippen molar-refractivity contribution in [1.29, 1.82) is 0 Å². The van der Waals surface area contributed by atoms with Gasteiger partial charge in [0.25, 0.3) is 0 Å². The maximum atomic E-state index is 11.4. The highest BCUT2D eigenvalue weighted by molar-refractivity contribution is 7.92. The Kier molecular flexibility index (Phi) is 5.16. The minimum Gasteiger partial charge on any atom is -0.497 e. The number of ether oxygens (including phenoxy) is 1. The van der Waals surface area contributed by atoms with Crippen molar-refractivity contribution in [3.05, 3.63) is 94.5 Å². The molecule has 0 heterocycles. The molecule has 1 aliphatic rings. The molecule has 5 heteroatoms. The number of methoxy groups -OCH3 is 1. The number of hydrogen-bond donors (Lipinski definition) is 1. The van der Waals surface area contributed by atoms with Crippen LogP contribution in [-0.2, 0) is 22.9 Å². The second kappa shape index (κ2) is 7.76. The van der Waals surface area contributed by atoms with Crippen LogP contribution in [0.15, 0.2) is 66.7 Å². The lowest BCUT2D eigenvalue weighted by molar-refractivity contribution is 0.414. The highest BCUT2D eigenvalue weighted by atomic mass is 32.2. The number of anilines is 1. The van der Waals surface area contributed by atoms with E-state index < -0.39 is 10.0 Å². The number of nitrogens with one attached hydrogen (secondary N) is 1. The van der Waals surface area contributed by atoms with Gasteiger partial charge in [0.15, 0.2) is 0 Å². The van der Waals surface area contributed by atoms with Gasteiger partial charge in [0.1, 0.15) is 5.75 Å². The van der Waals surface area contributed by atoms with Crippen molar-refractivity contribution in [3.63, 3.8) is 0 Å². The van der Waals surface area contributed by atoms with Gasteiger partial charge in [-0.2, -0.15) is 0 Å². The summed E-state index contributed by atoms with van der Waals surface area (Å²) in [7, 11) is -1.60. The smallest absolute Gasteiger partial charge is 0.229 e. The monoisotopic (exact) mass is 405 g/mol. The van der Waals surface area contributed by atoms with Crippen molar-refractivity contribution >= 4 is 27.4 Å². The number of aryl methyl sites for hydroxylation is 2. The fourth-order valence-electron chi connectivity index (χ4n) is 3.77. The standard InChI is InChI=1S/C24H23NO3S/c1-28-21-13-14-23-19(16-21)10-9-18-5-3-4-6-22(18)24(23)15-17-7-11-20(12-8-17)25-29(2,26)27/h3-8,11-16,25H,9-10H2,1-2H3/b24-15+. The van der Waals surface area contributed by atoms with Crippen molar-refractivity contribution in [2.75, 3.05) is 18.1 Å². The molecule has 3 aromatic rings. The molecule has 0 spiro atoms. The van der Waals surface area contributed by atoms with Gasteiger partial charge in [-0.15, -0.1) is 0 Å². The van der Waals surface area contributed by atoms with Gasteiger partial charge < -0.3 is 4.74 Å². The van der Waals surface area contributed by atoms with E-state index in [4.69, 9.17) is 4.74 Å². The van der Waals surface area contributed by atoms with E-state index in [1.54, 1.807) is 19.2 Å². The van der Waals surface area contributed by atoms with Crippen LogP contribution in [0.2, 0.25) is 0 Å². The van der Waals surface area contributed by atoms with Crippen LogP contribution in [0.25, 0.3) is 11.6 Å². The van der Waals surface area contributed by atoms with Crippen LogP contribution in [0.1, 0.15) is 27.8 Å². The molecule has 0 saturated carbocycles. The summed E-state index contributed by atoms with van der Waals surface area (Å²) in [4.78, 5) is 0. The van der Waals surface area contributed by atoms with Crippen molar-refractivity contribution in [1.82, 2.24) is 0 Å². The predicted molar refractivity (Wildman–Crippen MR) is 119 cm³/mol. The summed E-state index contributed by atoms with van der Waals surface area (Å²) in [5.74, 6) is 0.866. The molecule has 3 aromatic carbocycles. The van der Waals surface area contributed by atoms with E-state index >= 15 is 0 Å². The topological polar surface area (TPSA) is 55.4 Å². The third-order valence-electron chi connectivity index (χ3n) is 5.10. The van der Waals surface area contributed by atoms with E-state index in [2.05, 4.69) is 47.2 Å². The fourth-order valence-corrected chi connectivity index (χ4v) is 4.33. The van der Waals surface area contributed by atoms with E-state index in [9.17, 15) is 8.42 Å². The normalized spacial score (nSPS) is 14.6. The lowest BCUT2D eigenvalue weighted by atomic mass is 9.92. The Morgan fingerprint density at radius 3 is 2.31 bits per heavy atom. The van der Waals surface area contributed by atoms with E-state index in [1.165, 1.54) is 27.8 Å². The zero-order valence-corrected chi connectivity index (χ0v) is 17.3. The molecule has 0 saturated heterocycles. The SMILES string of the molecule is COc1ccc2c(c1)CCc1ccccc1/C2=C\c1ccc(NS(C)(=O)=O)cc1. The second-order valence-electron chi connectivity index (χ2n) is 7.23. The quantitative estimate of drug-likeness (QED) is 0.681. The molecule has 0 bridgehead atoms. The molecule has 0 atom stereocenters. The van der Waals surface area contributed by atoms with Crippen molar-refractivity contribution in [3.8, 4) is 5.75 Å². The van der Waals surface area contributed by atoms with Gasteiger partial charge in [-0.25, -0.2) is 8.42 Å². The molecule has 0 aromatic heterocycles. The minimum atomic E-state index is -3.29. The van der Waals surface area contributed by atoms with Gasteiger partial charge >= 0.3 is 0 Å². The van der Waals surface area contributed by atoms with Gasteiger partial charge in [-0.05, 0) is 76.6 Å². The summed E-state index contributed by atoms with van der Waals surface area (Å²) < 4.78 is 30.8. The van der Waals surface area contributed by atoms with E-state index in [-0.39, 0.29) is 0 Å². The highest BCUT2D eigenvalue weighted by Crippen LogP contribution is 2.36. The number of benzene rings is 3. The number of hydrogen-bond acceptors (Lipinski definition) is 3. The Bertz CT molecular complexity index is 1180. The minimum absolute atomic E-state index is 0.557. The molecule has 148 valence electrons. The number of fused-ring (bicyclic) bond motifs is 2. The third-order valence-corrected chi connectivity index (χ3v) is 5.71. The Balaban J connectivity index is 1.81. The van der Waals surface area contributed by atoms with E-state index in [0.717, 1.165) is 30.4 Å². The largest absolute Gasteiger partial charge is 0.497 e. The number of rotatable bonds is 4. The molecule has 0 unspecified atom stereocenters. The Morgan fingerprint density at radius 2 is 1.59 bits per heavy atom. The lowest BCUT2D eigenvalue weighted by Gasteiger charge is -2.13. The van der Waals surface area contributed by atoms with Crippen LogP contribution >= 0.6 is 0 Å². The molecule has 29 heavy (non-hydrogen) atoms. The zero-order valence-electron chi connectivity index (χ0n) is 16.5. The lowest BCUT2D eigenvalue weighted by Crippen LogP contribution is -2.09. The molecule has 0 aliphatic heterocycles. The van der Waals surface area contributed by atoms with Gasteiger partial charge in [-0.1, -0.05) is 42.5 Å². The first-order valence-corrected chi connectivity index (χ1v) is 11.4. The van der Waals surface area contributed by atoms with Gasteiger partial charge in [0, 0.05) is 5.69 Å². The maximum absolute atomic E-state index is 11.4. The molecule has 1 N–H and O–H groups in total. The second-order valence-corrected chi connectivity index (χ2v) is 8.98. The first kappa shape index (κ1) is 19.3. The van der Waals surface area contributed by atoms with Crippen LogP contribution in [0.5, 0.6) is 5.75 Å². The first-order valence-electron chi connectivity index (χ1n) is 9.48. The Morgan fingerprint density at radius 1 is 0.897 bits per heavy atom. The molecule has 0 amide bonds. The zero-order chi connectivity index (χ0) is 20.4. The predicted octanol–water partition coefficient (Wildman–Crippen LogP) is 4.75. The van der Waals surface area contributed by atoms with Crippen LogP contribution in [0.3, 0.4) is 0 Å². The van der Waals surface area contributed by atoms with Crippen molar-refractivity contribution < 1.29 is 13.2 Å². The fraction of sp³-hybridized carbons (Fsp3) is 0.167. The summed E-state index contributed by atoms with van der Waals surface area (Å²) >= 11 is 0. The summed E-state index contributed by atoms with van der Waals surface area (Å²) in [5, 5.41) is 0. The first-order chi connectivity index (χ1) is 13.9. The number of sulfonamides is 1. The van der Waals surface area contributed by atoms with Gasteiger partial charge in [-0.3, -0.25) is 4.72 Å². The molecule has 4 rings (SSSR count). The van der Waals surface area contributed by atoms with Crippen LogP contribution in [-0.4, -0.2) is 21.8 Å². The maximum Gasteiger partial charge on any atom is 0.229 e. The molecule has 0 radical (unpaired) electrons. The van der Waals surface area contributed by atoms with E-state index in [0.29, 0.717) is 5.69 Å². The molecular formula is C24H23NO3S. The Labute approximate surface area is 171 Å². The van der Waals surface area contributed by atoms with Crippen LogP contribution < -0.4 is 9.46 Å². The van der Waals surface area contributed by atoms with Gasteiger partial charge in [0.2, 0.25) is 10.0 Å². The highest BCUT2D eigenvalue weighted by Gasteiger charge is 2.18. The molecule has 1 aliphatic carbocycles. The molecule has 4 nitrogen and oxygen atoms in total. The Hall–Kier alpha value is -3.05. The van der Waals surface area contributed by atoms with Gasteiger partial charge in [0.05, 0.1) is 13.4 Å².